The van der Waals surface area contributed by atoms with Gasteiger partial charge in [-0.2, -0.15) is 0 Å². The highest BCUT2D eigenvalue weighted by Crippen LogP contribution is 2.39. The number of phenolic OH excluding ortho intramolecular Hbond substituents is 1. The lowest BCUT2D eigenvalue weighted by atomic mass is 9.83. The molecule has 1 aromatic carbocycles. The minimum absolute atomic E-state index is 0.0160. The smallest absolute Gasteiger partial charge is 0.306 e. The first kappa shape index (κ1) is 25.6. The summed E-state index contributed by atoms with van der Waals surface area (Å²) in [5, 5.41) is 20.7. The van der Waals surface area contributed by atoms with Crippen LogP contribution >= 0.6 is 0 Å². The number of ether oxygens (including phenoxy) is 2. The molecule has 0 radical (unpaired) electrons. The number of phenols is 1. The second-order valence-electron chi connectivity index (χ2n) is 9.95. The van der Waals surface area contributed by atoms with Crippen LogP contribution in [0.5, 0.6) is 17.2 Å². The fraction of sp³-hybridized carbons (Fsp3) is 0.393. The average Bonchev–Trinajstić information content (AvgIpc) is 2.90. The average molecular weight is 523 g/mol. The number of esters is 1. The van der Waals surface area contributed by atoms with Gasteiger partial charge in [-0.25, -0.2) is 0 Å². The molecule has 3 atom stereocenters. The Balaban J connectivity index is 1.47. The third-order valence-corrected chi connectivity index (χ3v) is 7.46. The zero-order chi connectivity index (χ0) is 27.0. The highest BCUT2D eigenvalue weighted by atomic mass is 16.5. The molecule has 0 amide bonds. The van der Waals surface area contributed by atoms with Crippen LogP contribution in [-0.4, -0.2) is 53.0 Å². The molecule has 2 aliphatic rings. The van der Waals surface area contributed by atoms with Crippen LogP contribution < -0.4 is 15.7 Å². The molecular weight excluding hydrogens is 492 g/mol. The maximum Gasteiger partial charge on any atom is 0.306 e. The van der Waals surface area contributed by atoms with Crippen molar-refractivity contribution < 1.29 is 28.9 Å². The Kier molecular flexibility index (Phi) is 6.98. The number of aromatic hydroxyl groups is 2. The summed E-state index contributed by atoms with van der Waals surface area (Å²) < 4.78 is 18.0. The Hall–Kier alpha value is -4.05. The summed E-state index contributed by atoms with van der Waals surface area (Å²) in [6, 6.07) is 11.2. The molecule has 4 heterocycles. The molecule has 1 fully saturated rings. The number of benzene rings is 1. The van der Waals surface area contributed by atoms with Crippen LogP contribution in [0.4, 0.5) is 0 Å². The van der Waals surface area contributed by atoms with Crippen molar-refractivity contribution >= 4 is 5.97 Å². The van der Waals surface area contributed by atoms with Gasteiger partial charge in [0.15, 0.2) is 17.3 Å². The van der Waals surface area contributed by atoms with Gasteiger partial charge in [-0.15, -0.1) is 0 Å². The normalized spacial score (nSPS) is 19.4. The number of carbonyl (C=O) groups excluding carboxylic acids is 1. The van der Waals surface area contributed by atoms with Gasteiger partial charge in [-0.3, -0.25) is 19.3 Å². The first-order chi connectivity index (χ1) is 18.3. The summed E-state index contributed by atoms with van der Waals surface area (Å²) in [5.74, 6) is -1.14. The quantitative estimate of drug-likeness (QED) is 0.449. The van der Waals surface area contributed by atoms with Crippen molar-refractivity contribution in [1.82, 2.24) is 9.47 Å². The lowest BCUT2D eigenvalue weighted by molar-refractivity contribution is -0.140. The molecule has 2 aliphatic heterocycles. The van der Waals surface area contributed by atoms with Crippen molar-refractivity contribution in [1.29, 1.82) is 0 Å². The molecule has 2 N–H and O–H groups in total. The third kappa shape index (κ3) is 4.91. The van der Waals surface area contributed by atoms with Crippen molar-refractivity contribution in [3.63, 3.8) is 0 Å². The fourth-order valence-electron chi connectivity index (χ4n) is 5.74. The van der Waals surface area contributed by atoms with Gasteiger partial charge in [0.25, 0.3) is 5.56 Å². The fourth-order valence-corrected chi connectivity index (χ4v) is 5.74. The summed E-state index contributed by atoms with van der Waals surface area (Å²) in [6.07, 6.45) is 0.790. The van der Waals surface area contributed by atoms with Crippen molar-refractivity contribution in [2.75, 3.05) is 27.3 Å². The topological polar surface area (TPSA) is 131 Å². The van der Waals surface area contributed by atoms with E-state index in [1.807, 2.05) is 10.6 Å². The van der Waals surface area contributed by atoms with E-state index in [9.17, 15) is 24.6 Å². The lowest BCUT2D eigenvalue weighted by Crippen LogP contribution is -2.46. The number of methoxy groups -OCH3 is 2. The molecule has 1 saturated heterocycles. The van der Waals surface area contributed by atoms with Crippen LogP contribution in [0.15, 0.2) is 56.5 Å². The zero-order valence-electron chi connectivity index (χ0n) is 21.3. The highest BCUT2D eigenvalue weighted by Gasteiger charge is 2.35. The van der Waals surface area contributed by atoms with E-state index < -0.39 is 23.1 Å². The molecule has 10 heteroatoms. The maximum absolute atomic E-state index is 12.8. The predicted octanol–water partition coefficient (Wildman–Crippen LogP) is 2.54. The minimum Gasteiger partial charge on any atom is -0.504 e. The summed E-state index contributed by atoms with van der Waals surface area (Å²) in [5.41, 5.74) is 0.916. The molecule has 5 rings (SSSR count). The Bertz CT molecular complexity index is 1480. The minimum atomic E-state index is -0.857. The largest absolute Gasteiger partial charge is 0.504 e. The summed E-state index contributed by atoms with van der Waals surface area (Å²) in [6.45, 7) is 2.41. The summed E-state index contributed by atoms with van der Waals surface area (Å²) in [4.78, 5) is 39.6. The number of hydrogen-bond acceptors (Lipinski definition) is 9. The Morgan fingerprint density at radius 2 is 1.92 bits per heavy atom. The van der Waals surface area contributed by atoms with Crippen LogP contribution in [0.3, 0.4) is 0 Å². The summed E-state index contributed by atoms with van der Waals surface area (Å²) >= 11 is 0. The maximum atomic E-state index is 12.8. The van der Waals surface area contributed by atoms with E-state index in [-0.39, 0.29) is 35.2 Å². The lowest BCUT2D eigenvalue weighted by Gasteiger charge is -2.42. The van der Waals surface area contributed by atoms with Gasteiger partial charge in [0.1, 0.15) is 5.76 Å². The Morgan fingerprint density at radius 1 is 1.11 bits per heavy atom. The predicted molar refractivity (Wildman–Crippen MR) is 137 cm³/mol. The van der Waals surface area contributed by atoms with Gasteiger partial charge in [0.05, 0.1) is 33.1 Å². The number of rotatable bonds is 7. The van der Waals surface area contributed by atoms with Gasteiger partial charge in [0, 0.05) is 43.4 Å². The van der Waals surface area contributed by atoms with Crippen LogP contribution in [-0.2, 0) is 22.6 Å². The van der Waals surface area contributed by atoms with E-state index >= 15 is 0 Å². The molecule has 200 valence electrons. The molecule has 0 aliphatic carbocycles. The Labute approximate surface area is 218 Å². The Morgan fingerprint density at radius 3 is 2.68 bits per heavy atom. The van der Waals surface area contributed by atoms with E-state index in [0.29, 0.717) is 36.9 Å². The van der Waals surface area contributed by atoms with E-state index in [4.69, 9.17) is 13.9 Å². The molecule has 0 spiro atoms. The van der Waals surface area contributed by atoms with Crippen molar-refractivity contribution in [3.05, 3.63) is 85.8 Å². The first-order valence-electron chi connectivity index (χ1n) is 12.5. The van der Waals surface area contributed by atoms with Crippen LogP contribution in [0.25, 0.3) is 0 Å². The third-order valence-electron chi connectivity index (χ3n) is 7.46. The highest BCUT2D eigenvalue weighted by molar-refractivity contribution is 5.71. The van der Waals surface area contributed by atoms with Gasteiger partial charge in [-0.05, 0) is 36.1 Å². The number of carbonyl (C=O) groups is 1. The molecule has 2 bridgehead atoms. The second kappa shape index (κ2) is 10.4. The van der Waals surface area contributed by atoms with Crippen molar-refractivity contribution in [2.24, 2.45) is 5.92 Å². The monoisotopic (exact) mass is 522 g/mol. The molecule has 10 nitrogen and oxygen atoms in total. The van der Waals surface area contributed by atoms with E-state index in [1.165, 1.54) is 32.4 Å². The number of nitrogens with zero attached hydrogens (tertiary/aromatic N) is 2. The standard InChI is InChI=1S/C28H30N2O8/c1-36-24-9-17(6-7-22(24)31)20(11-26(34)37-2)28-27(35)23(32)10-19(38-28)15-29-12-16-8-18(14-29)21-4-3-5-25(33)30(21)13-16/h3-7,9-10,16,18,20,31,35H,8,11-15H2,1-2H3/t16-,18+,20?/m1/s1. The van der Waals surface area contributed by atoms with Crippen molar-refractivity contribution in [2.45, 2.75) is 37.8 Å². The second-order valence-corrected chi connectivity index (χ2v) is 9.95. The number of piperidine rings is 1. The van der Waals surface area contributed by atoms with E-state index in [0.717, 1.165) is 18.7 Å². The van der Waals surface area contributed by atoms with Crippen LogP contribution in [0, 0.1) is 5.92 Å². The van der Waals surface area contributed by atoms with Gasteiger partial charge in [0.2, 0.25) is 11.2 Å². The number of pyridine rings is 1. The van der Waals surface area contributed by atoms with Crippen LogP contribution in [0.2, 0.25) is 0 Å². The number of likely N-dealkylation sites (tertiary alicyclic amines) is 1. The van der Waals surface area contributed by atoms with Gasteiger partial charge >= 0.3 is 5.97 Å². The number of aromatic nitrogens is 1. The SMILES string of the molecule is COC(=O)CC(c1ccc(O)c(OC)c1)c1oc(CN2C[C@H]3C[C@@H](C2)c2cccc(=O)n2C3)cc(=O)c1O. The zero-order valence-corrected chi connectivity index (χ0v) is 21.3. The molecule has 1 unspecified atom stereocenters. The molecule has 2 aromatic heterocycles. The van der Waals surface area contributed by atoms with E-state index in [2.05, 4.69) is 4.90 Å². The number of hydrogen-bond donors (Lipinski definition) is 2. The van der Waals surface area contributed by atoms with Crippen LogP contribution in [0.1, 0.15) is 47.5 Å². The molecule has 3 aromatic rings. The molecule has 38 heavy (non-hydrogen) atoms. The first-order valence-corrected chi connectivity index (χ1v) is 12.5. The molecular formula is C28H30N2O8. The van der Waals surface area contributed by atoms with Crippen molar-refractivity contribution in [3.8, 4) is 17.2 Å². The van der Waals surface area contributed by atoms with E-state index in [1.54, 1.807) is 18.2 Å². The van der Waals surface area contributed by atoms with Gasteiger partial charge in [-0.1, -0.05) is 12.1 Å². The van der Waals surface area contributed by atoms with Gasteiger partial charge < -0.3 is 28.7 Å². The summed E-state index contributed by atoms with van der Waals surface area (Å²) in [7, 11) is 2.65. The number of fused-ring (bicyclic) bond motifs is 4. The molecule has 0 saturated carbocycles.